The average Bonchev–Trinajstić information content (AvgIpc) is 3.09. The van der Waals surface area contributed by atoms with E-state index in [1.807, 2.05) is 17.0 Å². The summed E-state index contributed by atoms with van der Waals surface area (Å²) in [5.74, 6) is 0.252. The molecule has 2 aromatic heterocycles. The van der Waals surface area contributed by atoms with E-state index in [1.54, 1.807) is 23.6 Å². The van der Waals surface area contributed by atoms with Gasteiger partial charge in [0.1, 0.15) is 0 Å². The quantitative estimate of drug-likeness (QED) is 0.907. The number of aromatic nitrogens is 1. The number of pyridine rings is 1. The standard InChI is InChI=1S/C17H21N3O2S/c21-16-5-3-14(12-18-16)13-19-7-9-20(10-8-19)17(22)6-4-15-2-1-11-23-15/h1-3,5,11-12H,4,6-10,13H2,(H,18,21). The molecule has 5 nitrogen and oxygen atoms in total. The monoisotopic (exact) mass is 331 g/mol. The third kappa shape index (κ3) is 4.53. The normalized spacial score (nSPS) is 15.7. The Bertz CT molecular complexity index is 668. The first-order valence-electron chi connectivity index (χ1n) is 7.91. The number of aryl methyl sites for hydroxylation is 1. The van der Waals surface area contributed by atoms with Crippen LogP contribution >= 0.6 is 11.3 Å². The summed E-state index contributed by atoms with van der Waals surface area (Å²) in [6.07, 6.45) is 3.20. The van der Waals surface area contributed by atoms with Gasteiger partial charge in [0.2, 0.25) is 11.5 Å². The lowest BCUT2D eigenvalue weighted by molar-refractivity contribution is -0.132. The summed E-state index contributed by atoms with van der Waals surface area (Å²) in [5.41, 5.74) is 1.02. The van der Waals surface area contributed by atoms with Gasteiger partial charge in [0.25, 0.3) is 0 Å². The molecule has 0 bridgehead atoms. The summed E-state index contributed by atoms with van der Waals surface area (Å²) in [6.45, 7) is 4.14. The van der Waals surface area contributed by atoms with Crippen molar-refractivity contribution in [1.29, 1.82) is 0 Å². The van der Waals surface area contributed by atoms with Crippen LogP contribution in [0.5, 0.6) is 0 Å². The molecule has 1 aliphatic heterocycles. The van der Waals surface area contributed by atoms with E-state index in [4.69, 9.17) is 0 Å². The van der Waals surface area contributed by atoms with Gasteiger partial charge in [0, 0.05) is 56.3 Å². The molecule has 0 aromatic carbocycles. The second-order valence-electron chi connectivity index (χ2n) is 5.80. The van der Waals surface area contributed by atoms with Crippen molar-refractivity contribution in [3.63, 3.8) is 0 Å². The molecular weight excluding hydrogens is 310 g/mol. The molecule has 6 heteroatoms. The number of thiophene rings is 1. The molecule has 1 amide bonds. The Labute approximate surface area is 139 Å². The number of carbonyl (C=O) groups excluding carboxylic acids is 1. The minimum absolute atomic E-state index is 0.0742. The van der Waals surface area contributed by atoms with E-state index in [1.165, 1.54) is 4.88 Å². The van der Waals surface area contributed by atoms with Crippen LogP contribution in [0.15, 0.2) is 40.6 Å². The zero-order valence-electron chi connectivity index (χ0n) is 13.0. The summed E-state index contributed by atoms with van der Waals surface area (Å²) in [5, 5.41) is 2.05. The molecule has 2 aromatic rings. The topological polar surface area (TPSA) is 56.4 Å². The Morgan fingerprint density at radius 2 is 2.00 bits per heavy atom. The van der Waals surface area contributed by atoms with Crippen molar-refractivity contribution in [3.05, 3.63) is 56.6 Å². The van der Waals surface area contributed by atoms with Crippen molar-refractivity contribution < 1.29 is 4.79 Å². The fourth-order valence-electron chi connectivity index (χ4n) is 2.80. The predicted molar refractivity (Wildman–Crippen MR) is 91.6 cm³/mol. The summed E-state index contributed by atoms with van der Waals surface area (Å²) in [4.78, 5) is 31.6. The zero-order valence-corrected chi connectivity index (χ0v) is 13.8. The van der Waals surface area contributed by atoms with Gasteiger partial charge < -0.3 is 9.88 Å². The van der Waals surface area contributed by atoms with E-state index in [9.17, 15) is 9.59 Å². The van der Waals surface area contributed by atoms with Gasteiger partial charge in [-0.3, -0.25) is 14.5 Å². The van der Waals surface area contributed by atoms with Gasteiger partial charge in [-0.2, -0.15) is 0 Å². The third-order valence-electron chi connectivity index (χ3n) is 4.15. The van der Waals surface area contributed by atoms with E-state index in [-0.39, 0.29) is 11.5 Å². The van der Waals surface area contributed by atoms with Crippen LogP contribution in [0.4, 0.5) is 0 Å². The third-order valence-corrected chi connectivity index (χ3v) is 5.08. The number of piperazine rings is 1. The molecule has 0 atom stereocenters. The molecule has 1 fully saturated rings. The van der Waals surface area contributed by atoms with Gasteiger partial charge in [-0.1, -0.05) is 12.1 Å². The number of hydrogen-bond donors (Lipinski definition) is 1. The lowest BCUT2D eigenvalue weighted by Gasteiger charge is -2.34. The Morgan fingerprint density at radius 1 is 1.17 bits per heavy atom. The van der Waals surface area contributed by atoms with Crippen LogP contribution in [0, 0.1) is 0 Å². The van der Waals surface area contributed by atoms with Gasteiger partial charge in [0.15, 0.2) is 0 Å². The van der Waals surface area contributed by atoms with Crippen molar-refractivity contribution in [2.75, 3.05) is 26.2 Å². The molecule has 122 valence electrons. The van der Waals surface area contributed by atoms with Crippen molar-refractivity contribution in [2.24, 2.45) is 0 Å². The van der Waals surface area contributed by atoms with E-state index < -0.39 is 0 Å². The van der Waals surface area contributed by atoms with Crippen LogP contribution in [-0.4, -0.2) is 46.9 Å². The molecule has 1 aliphatic rings. The lowest BCUT2D eigenvalue weighted by atomic mass is 10.2. The van der Waals surface area contributed by atoms with E-state index in [2.05, 4.69) is 21.3 Å². The molecule has 0 spiro atoms. The average molecular weight is 331 g/mol. The number of hydrogen-bond acceptors (Lipinski definition) is 4. The Hall–Kier alpha value is -1.92. The van der Waals surface area contributed by atoms with Crippen molar-refractivity contribution in [2.45, 2.75) is 19.4 Å². The van der Waals surface area contributed by atoms with Gasteiger partial charge in [-0.25, -0.2) is 0 Å². The van der Waals surface area contributed by atoms with Gasteiger partial charge in [-0.15, -0.1) is 11.3 Å². The highest BCUT2D eigenvalue weighted by Gasteiger charge is 2.20. The largest absolute Gasteiger partial charge is 0.340 e. The molecule has 3 heterocycles. The fraction of sp³-hybridized carbons (Fsp3) is 0.412. The van der Waals surface area contributed by atoms with Crippen LogP contribution in [0.1, 0.15) is 16.9 Å². The highest BCUT2D eigenvalue weighted by atomic mass is 32.1. The number of H-pyrrole nitrogens is 1. The maximum absolute atomic E-state index is 12.3. The summed E-state index contributed by atoms with van der Waals surface area (Å²) >= 11 is 1.71. The summed E-state index contributed by atoms with van der Waals surface area (Å²) in [7, 11) is 0. The zero-order chi connectivity index (χ0) is 16.1. The molecule has 0 radical (unpaired) electrons. The minimum atomic E-state index is -0.0742. The van der Waals surface area contributed by atoms with Crippen LogP contribution in [0.25, 0.3) is 0 Å². The first-order valence-corrected chi connectivity index (χ1v) is 8.79. The van der Waals surface area contributed by atoms with E-state index in [0.29, 0.717) is 6.42 Å². The molecule has 0 unspecified atom stereocenters. The smallest absolute Gasteiger partial charge is 0.247 e. The van der Waals surface area contributed by atoms with E-state index in [0.717, 1.165) is 44.7 Å². The van der Waals surface area contributed by atoms with Crippen LogP contribution < -0.4 is 5.56 Å². The molecule has 1 saturated heterocycles. The Morgan fingerprint density at radius 3 is 2.65 bits per heavy atom. The van der Waals surface area contributed by atoms with Gasteiger partial charge >= 0.3 is 0 Å². The van der Waals surface area contributed by atoms with Crippen LogP contribution in [-0.2, 0) is 17.8 Å². The van der Waals surface area contributed by atoms with Crippen LogP contribution in [0.2, 0.25) is 0 Å². The maximum Gasteiger partial charge on any atom is 0.247 e. The number of carbonyl (C=O) groups is 1. The fourth-order valence-corrected chi connectivity index (χ4v) is 3.51. The number of nitrogens with one attached hydrogen (secondary N) is 1. The molecule has 23 heavy (non-hydrogen) atoms. The van der Waals surface area contributed by atoms with Gasteiger partial charge in [-0.05, 0) is 23.4 Å². The molecule has 0 aliphatic carbocycles. The van der Waals surface area contributed by atoms with Gasteiger partial charge in [0.05, 0.1) is 0 Å². The minimum Gasteiger partial charge on any atom is -0.340 e. The van der Waals surface area contributed by atoms with Crippen molar-refractivity contribution >= 4 is 17.2 Å². The maximum atomic E-state index is 12.3. The van der Waals surface area contributed by atoms with Crippen LogP contribution in [0.3, 0.4) is 0 Å². The number of aromatic amines is 1. The lowest BCUT2D eigenvalue weighted by Crippen LogP contribution is -2.48. The highest BCUT2D eigenvalue weighted by Crippen LogP contribution is 2.13. The Balaban J connectivity index is 1.43. The van der Waals surface area contributed by atoms with Crippen molar-refractivity contribution in [1.82, 2.24) is 14.8 Å². The second kappa shape index (κ2) is 7.57. The highest BCUT2D eigenvalue weighted by molar-refractivity contribution is 7.09. The first-order chi connectivity index (χ1) is 11.2. The predicted octanol–water partition coefficient (Wildman–Crippen LogP) is 1.71. The molecule has 3 rings (SSSR count). The van der Waals surface area contributed by atoms with E-state index >= 15 is 0 Å². The Kier molecular flexibility index (Phi) is 5.25. The number of nitrogens with zero attached hydrogens (tertiary/aromatic N) is 2. The molecular formula is C17H21N3O2S. The SMILES string of the molecule is O=C(CCc1cccs1)N1CCN(Cc2ccc(=O)[nH]c2)CC1. The summed E-state index contributed by atoms with van der Waals surface area (Å²) in [6, 6.07) is 7.53. The second-order valence-corrected chi connectivity index (χ2v) is 6.83. The number of amides is 1. The molecule has 1 N–H and O–H groups in total. The number of rotatable bonds is 5. The summed E-state index contributed by atoms with van der Waals surface area (Å²) < 4.78 is 0. The molecule has 0 saturated carbocycles. The van der Waals surface area contributed by atoms with Crippen molar-refractivity contribution in [3.8, 4) is 0 Å². The first kappa shape index (κ1) is 16.0.